The van der Waals surface area contributed by atoms with E-state index in [2.05, 4.69) is 0 Å². The van der Waals surface area contributed by atoms with Crippen molar-refractivity contribution in [3.63, 3.8) is 0 Å². The number of nitrogens with zero attached hydrogens (tertiary/aromatic N) is 1. The summed E-state index contributed by atoms with van der Waals surface area (Å²) in [5, 5.41) is 0. The molecule has 0 saturated heterocycles. The SMILES string of the molecule is CC(=O)Cc1ccc(CN(C)C)c(F)c1. The Kier molecular flexibility index (Phi) is 3.97. The predicted octanol–water partition coefficient (Wildman–Crippen LogP) is 2.02. The molecule has 82 valence electrons. The topological polar surface area (TPSA) is 20.3 Å². The Morgan fingerprint density at radius 3 is 2.53 bits per heavy atom. The fraction of sp³-hybridized carbons (Fsp3) is 0.417. The van der Waals surface area contributed by atoms with Crippen LogP contribution in [0.4, 0.5) is 4.39 Å². The lowest BCUT2D eigenvalue weighted by atomic mass is 10.1. The Morgan fingerprint density at radius 2 is 2.07 bits per heavy atom. The fourth-order valence-corrected chi connectivity index (χ4v) is 1.46. The van der Waals surface area contributed by atoms with E-state index in [1.807, 2.05) is 25.1 Å². The van der Waals surface area contributed by atoms with E-state index < -0.39 is 0 Å². The molecule has 0 aliphatic rings. The molecule has 3 heteroatoms. The van der Waals surface area contributed by atoms with Crippen LogP contribution in [0.2, 0.25) is 0 Å². The molecular weight excluding hydrogens is 193 g/mol. The van der Waals surface area contributed by atoms with Crippen molar-refractivity contribution < 1.29 is 9.18 Å². The molecule has 0 aliphatic heterocycles. The molecule has 0 amide bonds. The van der Waals surface area contributed by atoms with Crippen molar-refractivity contribution >= 4 is 5.78 Å². The molecule has 1 aromatic rings. The zero-order chi connectivity index (χ0) is 11.4. The van der Waals surface area contributed by atoms with Crippen LogP contribution >= 0.6 is 0 Å². The first kappa shape index (κ1) is 11.9. The van der Waals surface area contributed by atoms with Crippen molar-refractivity contribution in [2.75, 3.05) is 14.1 Å². The summed E-state index contributed by atoms with van der Waals surface area (Å²) in [6, 6.07) is 5.00. The second-order valence-electron chi connectivity index (χ2n) is 4.04. The van der Waals surface area contributed by atoms with Crippen LogP contribution in [0.1, 0.15) is 18.1 Å². The van der Waals surface area contributed by atoms with Gasteiger partial charge in [0.25, 0.3) is 0 Å². The average Bonchev–Trinajstić information content (AvgIpc) is 2.08. The number of Topliss-reactive ketones (excluding diaryl/α,β-unsaturated/α-hetero) is 1. The number of hydrogen-bond acceptors (Lipinski definition) is 2. The van der Waals surface area contributed by atoms with Crippen molar-refractivity contribution in [3.05, 3.63) is 35.1 Å². The van der Waals surface area contributed by atoms with Gasteiger partial charge in [0.05, 0.1) is 0 Å². The first-order valence-corrected chi connectivity index (χ1v) is 4.90. The van der Waals surface area contributed by atoms with Crippen molar-refractivity contribution in [1.29, 1.82) is 0 Å². The molecular formula is C12H16FNO. The maximum atomic E-state index is 13.5. The monoisotopic (exact) mass is 209 g/mol. The van der Waals surface area contributed by atoms with E-state index in [4.69, 9.17) is 0 Å². The summed E-state index contributed by atoms with van der Waals surface area (Å²) in [4.78, 5) is 12.8. The molecule has 1 aromatic carbocycles. The third kappa shape index (κ3) is 3.80. The molecule has 0 aromatic heterocycles. The highest BCUT2D eigenvalue weighted by Crippen LogP contribution is 2.12. The number of benzene rings is 1. The van der Waals surface area contributed by atoms with Gasteiger partial charge in [-0.15, -0.1) is 0 Å². The average molecular weight is 209 g/mol. The highest BCUT2D eigenvalue weighted by Gasteiger charge is 2.05. The van der Waals surface area contributed by atoms with E-state index >= 15 is 0 Å². The Hall–Kier alpha value is -1.22. The van der Waals surface area contributed by atoms with Gasteiger partial charge in [0.15, 0.2) is 0 Å². The largest absolute Gasteiger partial charge is 0.305 e. The summed E-state index contributed by atoms with van der Waals surface area (Å²) >= 11 is 0. The molecule has 0 saturated carbocycles. The molecule has 0 radical (unpaired) electrons. The van der Waals surface area contributed by atoms with Gasteiger partial charge in [-0.25, -0.2) is 4.39 Å². The summed E-state index contributed by atoms with van der Waals surface area (Å²) in [7, 11) is 3.78. The number of rotatable bonds is 4. The standard InChI is InChI=1S/C12H16FNO/c1-9(15)6-10-4-5-11(8-14(2)3)12(13)7-10/h4-5,7H,6,8H2,1-3H3. The number of carbonyl (C=O) groups is 1. The molecule has 0 bridgehead atoms. The van der Waals surface area contributed by atoms with Crippen molar-refractivity contribution in [3.8, 4) is 0 Å². The van der Waals surface area contributed by atoms with Crippen molar-refractivity contribution in [2.45, 2.75) is 19.9 Å². The van der Waals surface area contributed by atoms with Gasteiger partial charge in [-0.3, -0.25) is 4.79 Å². The first-order valence-electron chi connectivity index (χ1n) is 4.90. The van der Waals surface area contributed by atoms with E-state index in [1.165, 1.54) is 13.0 Å². The minimum Gasteiger partial charge on any atom is -0.305 e. The molecule has 0 N–H and O–H groups in total. The Bertz CT molecular complexity index is 361. The molecule has 1 rings (SSSR count). The molecule has 0 aliphatic carbocycles. The second-order valence-corrected chi connectivity index (χ2v) is 4.04. The maximum Gasteiger partial charge on any atom is 0.134 e. The Balaban J connectivity index is 2.83. The quantitative estimate of drug-likeness (QED) is 0.756. The fourth-order valence-electron chi connectivity index (χ4n) is 1.46. The molecule has 2 nitrogen and oxygen atoms in total. The van der Waals surface area contributed by atoms with Crippen LogP contribution in [0.25, 0.3) is 0 Å². The van der Waals surface area contributed by atoms with Gasteiger partial charge in [-0.1, -0.05) is 12.1 Å². The number of hydrogen-bond donors (Lipinski definition) is 0. The summed E-state index contributed by atoms with van der Waals surface area (Å²) in [5.41, 5.74) is 1.40. The van der Waals surface area contributed by atoms with Gasteiger partial charge in [0.1, 0.15) is 11.6 Å². The van der Waals surface area contributed by atoms with E-state index in [-0.39, 0.29) is 11.6 Å². The normalized spacial score (nSPS) is 10.7. The van der Waals surface area contributed by atoms with Crippen LogP contribution in [-0.4, -0.2) is 24.8 Å². The minimum atomic E-state index is -0.234. The van der Waals surface area contributed by atoms with Crippen LogP contribution in [0.15, 0.2) is 18.2 Å². The highest BCUT2D eigenvalue weighted by molar-refractivity contribution is 5.78. The molecule has 0 unspecified atom stereocenters. The van der Waals surface area contributed by atoms with Gasteiger partial charge < -0.3 is 4.90 Å². The van der Waals surface area contributed by atoms with Gasteiger partial charge in [0, 0.05) is 18.5 Å². The zero-order valence-electron chi connectivity index (χ0n) is 9.38. The van der Waals surface area contributed by atoms with Gasteiger partial charge in [-0.05, 0) is 32.6 Å². The third-order valence-electron chi connectivity index (χ3n) is 2.06. The predicted molar refractivity (Wildman–Crippen MR) is 58.2 cm³/mol. The summed E-state index contributed by atoms with van der Waals surface area (Å²) in [6.45, 7) is 2.08. The summed E-state index contributed by atoms with van der Waals surface area (Å²) < 4.78 is 13.5. The Morgan fingerprint density at radius 1 is 1.40 bits per heavy atom. The van der Waals surface area contributed by atoms with Crippen LogP contribution in [0, 0.1) is 5.82 Å². The third-order valence-corrected chi connectivity index (χ3v) is 2.06. The summed E-state index contributed by atoms with van der Waals surface area (Å²) in [6.07, 6.45) is 0.305. The van der Waals surface area contributed by atoms with E-state index in [9.17, 15) is 9.18 Å². The lowest BCUT2D eigenvalue weighted by Crippen LogP contribution is -2.12. The van der Waals surface area contributed by atoms with Crippen molar-refractivity contribution in [1.82, 2.24) is 4.90 Å². The van der Waals surface area contributed by atoms with Gasteiger partial charge in [0.2, 0.25) is 0 Å². The molecule has 0 atom stereocenters. The summed E-state index contributed by atoms with van der Waals surface area (Å²) in [5.74, 6) is -0.183. The van der Waals surface area contributed by atoms with E-state index in [1.54, 1.807) is 6.07 Å². The molecule has 15 heavy (non-hydrogen) atoms. The van der Waals surface area contributed by atoms with Crippen LogP contribution in [0.3, 0.4) is 0 Å². The smallest absolute Gasteiger partial charge is 0.134 e. The second kappa shape index (κ2) is 5.03. The Labute approximate surface area is 89.7 Å². The first-order chi connectivity index (χ1) is 6.99. The maximum absolute atomic E-state index is 13.5. The lowest BCUT2D eigenvalue weighted by Gasteiger charge is -2.11. The number of carbonyl (C=O) groups excluding carboxylic acids is 1. The van der Waals surface area contributed by atoms with E-state index in [0.717, 1.165) is 5.56 Å². The number of halogens is 1. The number of ketones is 1. The van der Waals surface area contributed by atoms with Crippen molar-refractivity contribution in [2.24, 2.45) is 0 Å². The lowest BCUT2D eigenvalue weighted by molar-refractivity contribution is -0.116. The van der Waals surface area contributed by atoms with Crippen LogP contribution < -0.4 is 0 Å². The van der Waals surface area contributed by atoms with Gasteiger partial charge >= 0.3 is 0 Å². The zero-order valence-corrected chi connectivity index (χ0v) is 9.38. The van der Waals surface area contributed by atoms with Crippen LogP contribution in [0.5, 0.6) is 0 Å². The van der Waals surface area contributed by atoms with Crippen LogP contribution in [-0.2, 0) is 17.8 Å². The molecule has 0 fully saturated rings. The highest BCUT2D eigenvalue weighted by atomic mass is 19.1. The van der Waals surface area contributed by atoms with Gasteiger partial charge in [-0.2, -0.15) is 0 Å². The van der Waals surface area contributed by atoms with E-state index in [0.29, 0.717) is 18.5 Å². The molecule has 0 spiro atoms. The molecule has 0 heterocycles. The minimum absolute atomic E-state index is 0.0507.